The van der Waals surface area contributed by atoms with Crippen LogP contribution in [0.1, 0.15) is 37.0 Å². The molecule has 82 valence electrons. The predicted octanol–water partition coefficient (Wildman–Crippen LogP) is 3.21. The van der Waals surface area contributed by atoms with Crippen molar-refractivity contribution in [1.82, 2.24) is 0 Å². The molecule has 1 aliphatic heterocycles. The van der Waals surface area contributed by atoms with E-state index in [4.69, 9.17) is 0 Å². The summed E-state index contributed by atoms with van der Waals surface area (Å²) in [5.74, 6) is 0.138. The van der Waals surface area contributed by atoms with Gasteiger partial charge in [0.15, 0.2) is 0 Å². The van der Waals surface area contributed by atoms with Crippen LogP contribution < -0.4 is 5.32 Å². The van der Waals surface area contributed by atoms with Gasteiger partial charge in [-0.05, 0) is 31.4 Å². The summed E-state index contributed by atoms with van der Waals surface area (Å²) >= 11 is 0. The Balaban J connectivity index is 0.000000531. The second-order valence-corrected chi connectivity index (χ2v) is 3.66. The molecule has 0 fully saturated rings. The quantitative estimate of drug-likeness (QED) is 0.692. The van der Waals surface area contributed by atoms with E-state index >= 15 is 0 Å². The van der Waals surface area contributed by atoms with E-state index in [0.29, 0.717) is 6.42 Å². The van der Waals surface area contributed by atoms with E-state index in [1.807, 2.05) is 20.8 Å². The maximum absolute atomic E-state index is 11.2. The zero-order chi connectivity index (χ0) is 11.4. The molecule has 0 unspecified atom stereocenters. The van der Waals surface area contributed by atoms with Gasteiger partial charge in [-0.1, -0.05) is 31.5 Å². The Morgan fingerprint density at radius 2 is 1.80 bits per heavy atom. The van der Waals surface area contributed by atoms with Crippen LogP contribution >= 0.6 is 0 Å². The molecule has 1 heterocycles. The number of amides is 1. The number of hydrogen-bond donors (Lipinski definition) is 1. The van der Waals surface area contributed by atoms with Gasteiger partial charge in [0.25, 0.3) is 0 Å². The number of benzene rings is 1. The summed E-state index contributed by atoms with van der Waals surface area (Å²) in [5.41, 5.74) is 4.74. The first kappa shape index (κ1) is 11.8. The third-order valence-electron chi connectivity index (χ3n) is 2.45. The molecule has 0 saturated carbocycles. The highest BCUT2D eigenvalue weighted by Gasteiger charge is 2.16. The molecule has 1 aromatic rings. The summed E-state index contributed by atoms with van der Waals surface area (Å²) in [7, 11) is 0. The van der Waals surface area contributed by atoms with Crippen LogP contribution in [0.25, 0.3) is 0 Å². The molecule has 0 saturated heterocycles. The van der Waals surface area contributed by atoms with E-state index in [1.165, 1.54) is 16.7 Å². The topological polar surface area (TPSA) is 29.1 Å². The van der Waals surface area contributed by atoms with Gasteiger partial charge in [0.1, 0.15) is 0 Å². The monoisotopic (exact) mass is 205 g/mol. The van der Waals surface area contributed by atoms with Gasteiger partial charge in [0.2, 0.25) is 5.91 Å². The molecule has 0 aromatic heterocycles. The Morgan fingerprint density at radius 1 is 1.13 bits per heavy atom. The van der Waals surface area contributed by atoms with Crippen molar-refractivity contribution < 1.29 is 4.79 Å². The van der Waals surface area contributed by atoms with Crippen LogP contribution in [0.15, 0.2) is 12.1 Å². The first-order chi connectivity index (χ1) is 7.16. The Bertz CT molecular complexity index is 369. The largest absolute Gasteiger partial charge is 0.326 e. The van der Waals surface area contributed by atoms with Crippen molar-refractivity contribution in [2.75, 3.05) is 5.32 Å². The number of nitrogens with one attached hydrogen (secondary N) is 1. The molecule has 0 aliphatic carbocycles. The summed E-state index contributed by atoms with van der Waals surface area (Å²) in [6.07, 6.45) is 1.50. The van der Waals surface area contributed by atoms with E-state index in [-0.39, 0.29) is 5.91 Å². The van der Waals surface area contributed by atoms with E-state index in [9.17, 15) is 4.79 Å². The molecule has 2 nitrogen and oxygen atoms in total. The lowest BCUT2D eigenvalue weighted by atomic mass is 9.97. The summed E-state index contributed by atoms with van der Waals surface area (Å²) in [6, 6.07) is 4.26. The molecule has 1 N–H and O–H groups in total. The first-order valence-corrected chi connectivity index (χ1v) is 5.57. The minimum Gasteiger partial charge on any atom is -0.326 e. The molecule has 0 spiro atoms. The lowest BCUT2D eigenvalue weighted by molar-refractivity contribution is -0.116. The van der Waals surface area contributed by atoms with Crippen molar-refractivity contribution >= 4 is 11.6 Å². The molecule has 1 aliphatic rings. The maximum Gasteiger partial charge on any atom is 0.224 e. The third-order valence-corrected chi connectivity index (χ3v) is 2.45. The second-order valence-electron chi connectivity index (χ2n) is 3.66. The Morgan fingerprint density at radius 3 is 2.47 bits per heavy atom. The molecule has 1 amide bonds. The number of rotatable bonds is 0. The van der Waals surface area contributed by atoms with Crippen molar-refractivity contribution in [2.45, 2.75) is 40.5 Å². The van der Waals surface area contributed by atoms with Gasteiger partial charge in [-0.2, -0.15) is 0 Å². The smallest absolute Gasteiger partial charge is 0.224 e. The minimum absolute atomic E-state index is 0.138. The van der Waals surface area contributed by atoms with E-state index in [1.54, 1.807) is 0 Å². The number of hydrogen-bond acceptors (Lipinski definition) is 1. The minimum atomic E-state index is 0.138. The fraction of sp³-hybridized carbons (Fsp3) is 0.462. The van der Waals surface area contributed by atoms with Crippen molar-refractivity contribution in [3.63, 3.8) is 0 Å². The predicted molar refractivity (Wildman–Crippen MR) is 64.2 cm³/mol. The normalized spacial score (nSPS) is 13.5. The van der Waals surface area contributed by atoms with Crippen LogP contribution in [-0.2, 0) is 11.2 Å². The standard InChI is InChI=1S/C11H13NO.C2H6/c1-7-5-8(2)11-9(6-7)3-4-10(13)12-11;1-2/h5-6H,3-4H2,1-2H3,(H,12,13);1-2H3. The molecule has 0 bridgehead atoms. The first-order valence-electron chi connectivity index (χ1n) is 5.57. The van der Waals surface area contributed by atoms with Gasteiger partial charge in [-0.3, -0.25) is 4.79 Å². The van der Waals surface area contributed by atoms with Crippen molar-refractivity contribution in [1.29, 1.82) is 0 Å². The van der Waals surface area contributed by atoms with Crippen molar-refractivity contribution in [3.05, 3.63) is 28.8 Å². The zero-order valence-corrected chi connectivity index (χ0v) is 9.98. The van der Waals surface area contributed by atoms with Crippen LogP contribution in [0, 0.1) is 13.8 Å². The fourth-order valence-electron chi connectivity index (χ4n) is 1.88. The Hall–Kier alpha value is -1.31. The van der Waals surface area contributed by atoms with Crippen LogP contribution in [0.3, 0.4) is 0 Å². The van der Waals surface area contributed by atoms with Crippen LogP contribution in [-0.4, -0.2) is 5.91 Å². The van der Waals surface area contributed by atoms with Gasteiger partial charge < -0.3 is 5.32 Å². The molecule has 15 heavy (non-hydrogen) atoms. The second kappa shape index (κ2) is 4.96. The third kappa shape index (κ3) is 2.58. The molecule has 1 aromatic carbocycles. The van der Waals surface area contributed by atoms with Crippen LogP contribution in [0.2, 0.25) is 0 Å². The summed E-state index contributed by atoms with van der Waals surface area (Å²) in [5, 5.41) is 2.92. The van der Waals surface area contributed by atoms with Crippen LogP contribution in [0.5, 0.6) is 0 Å². The molecule has 2 rings (SSSR count). The molecular weight excluding hydrogens is 186 g/mol. The summed E-state index contributed by atoms with van der Waals surface area (Å²) < 4.78 is 0. The average Bonchev–Trinajstić information content (AvgIpc) is 2.22. The highest BCUT2D eigenvalue weighted by atomic mass is 16.1. The number of fused-ring (bicyclic) bond motifs is 1. The number of aryl methyl sites for hydroxylation is 3. The SMILES string of the molecule is CC.Cc1cc(C)c2c(c1)CCC(=O)N2. The lowest BCUT2D eigenvalue weighted by Crippen LogP contribution is -2.19. The highest BCUT2D eigenvalue weighted by molar-refractivity contribution is 5.94. The Labute approximate surface area is 91.7 Å². The maximum atomic E-state index is 11.2. The summed E-state index contributed by atoms with van der Waals surface area (Å²) in [4.78, 5) is 11.2. The molecule has 2 heteroatoms. The van der Waals surface area contributed by atoms with Crippen LogP contribution in [0.4, 0.5) is 5.69 Å². The van der Waals surface area contributed by atoms with Gasteiger partial charge in [-0.15, -0.1) is 0 Å². The van der Waals surface area contributed by atoms with E-state index in [0.717, 1.165) is 12.1 Å². The van der Waals surface area contributed by atoms with Gasteiger partial charge in [-0.25, -0.2) is 0 Å². The zero-order valence-electron chi connectivity index (χ0n) is 9.98. The van der Waals surface area contributed by atoms with Gasteiger partial charge >= 0.3 is 0 Å². The van der Waals surface area contributed by atoms with E-state index in [2.05, 4.69) is 24.4 Å². The molecule has 0 radical (unpaired) electrons. The van der Waals surface area contributed by atoms with Crippen molar-refractivity contribution in [3.8, 4) is 0 Å². The number of anilines is 1. The molecule has 0 atom stereocenters. The average molecular weight is 205 g/mol. The summed E-state index contributed by atoms with van der Waals surface area (Å²) in [6.45, 7) is 8.13. The van der Waals surface area contributed by atoms with Crippen molar-refractivity contribution in [2.24, 2.45) is 0 Å². The number of carbonyl (C=O) groups excluding carboxylic acids is 1. The van der Waals surface area contributed by atoms with Gasteiger partial charge in [0.05, 0.1) is 0 Å². The lowest BCUT2D eigenvalue weighted by Gasteiger charge is -2.19. The van der Waals surface area contributed by atoms with Gasteiger partial charge in [0, 0.05) is 12.1 Å². The Kier molecular flexibility index (Phi) is 3.89. The fourth-order valence-corrected chi connectivity index (χ4v) is 1.88. The number of carbonyl (C=O) groups is 1. The molecular formula is C13H19NO. The highest BCUT2D eigenvalue weighted by Crippen LogP contribution is 2.27. The van der Waals surface area contributed by atoms with E-state index < -0.39 is 0 Å².